The van der Waals surface area contributed by atoms with E-state index in [1.165, 1.54) is 6.42 Å². The zero-order chi connectivity index (χ0) is 13.8. The number of carbonyl (C=O) groups excluding carboxylic acids is 2. The average Bonchev–Trinajstić information content (AvgIpc) is 2.42. The molecule has 1 aromatic carbocycles. The molecule has 0 unspecified atom stereocenters. The van der Waals surface area contributed by atoms with Gasteiger partial charge in [0.25, 0.3) is 5.91 Å². The molecule has 1 aliphatic rings. The monoisotopic (exact) mass is 259 g/mol. The van der Waals surface area contributed by atoms with Gasteiger partial charge >= 0.3 is 0 Å². The molecule has 0 radical (unpaired) electrons. The van der Waals surface area contributed by atoms with Crippen molar-refractivity contribution in [1.82, 2.24) is 5.32 Å². The molecule has 1 fully saturated rings. The second kappa shape index (κ2) is 6.00. The lowest BCUT2D eigenvalue weighted by Gasteiger charge is -2.22. The van der Waals surface area contributed by atoms with Crippen molar-refractivity contribution in [3.63, 3.8) is 0 Å². The predicted octanol–water partition coefficient (Wildman–Crippen LogP) is 2.94. The van der Waals surface area contributed by atoms with E-state index in [2.05, 4.69) is 5.32 Å². The highest BCUT2D eigenvalue weighted by atomic mass is 16.2. The molecule has 0 heterocycles. The van der Waals surface area contributed by atoms with E-state index in [0.717, 1.165) is 36.8 Å². The molecule has 0 spiro atoms. The molecule has 19 heavy (non-hydrogen) atoms. The van der Waals surface area contributed by atoms with E-state index in [1.807, 2.05) is 19.9 Å². The molecule has 0 saturated heterocycles. The number of benzene rings is 1. The van der Waals surface area contributed by atoms with Gasteiger partial charge in [0.2, 0.25) is 5.78 Å². The first kappa shape index (κ1) is 13.8. The number of Topliss-reactive ketones (excluding diaryl/α,β-unsaturated/α-hetero) is 1. The molecule has 1 amide bonds. The number of hydrogen-bond acceptors (Lipinski definition) is 2. The number of rotatable bonds is 3. The van der Waals surface area contributed by atoms with Gasteiger partial charge in [-0.15, -0.1) is 0 Å². The quantitative estimate of drug-likeness (QED) is 0.670. The number of nitrogens with one attached hydrogen (secondary N) is 1. The smallest absolute Gasteiger partial charge is 0.292 e. The van der Waals surface area contributed by atoms with Gasteiger partial charge in [0.15, 0.2) is 0 Å². The van der Waals surface area contributed by atoms with Gasteiger partial charge in [-0.05, 0) is 43.9 Å². The normalized spacial score (nSPS) is 16.1. The third kappa shape index (κ3) is 3.43. The second-order valence-corrected chi connectivity index (χ2v) is 5.44. The molecule has 3 heteroatoms. The number of carbonyl (C=O) groups is 2. The maximum atomic E-state index is 12.1. The van der Waals surface area contributed by atoms with Gasteiger partial charge in [0.1, 0.15) is 0 Å². The van der Waals surface area contributed by atoms with E-state index in [-0.39, 0.29) is 6.04 Å². The Morgan fingerprint density at radius 3 is 2.37 bits per heavy atom. The molecule has 0 aliphatic heterocycles. The summed E-state index contributed by atoms with van der Waals surface area (Å²) in [5.41, 5.74) is 2.65. The van der Waals surface area contributed by atoms with E-state index < -0.39 is 11.7 Å². The van der Waals surface area contributed by atoms with Crippen LogP contribution in [0.2, 0.25) is 0 Å². The van der Waals surface area contributed by atoms with Crippen LogP contribution in [0.1, 0.15) is 53.6 Å². The Labute approximate surface area is 114 Å². The van der Waals surface area contributed by atoms with Crippen LogP contribution in [0.4, 0.5) is 0 Å². The van der Waals surface area contributed by atoms with Gasteiger partial charge in [-0.3, -0.25) is 9.59 Å². The minimum absolute atomic E-state index is 0.178. The van der Waals surface area contributed by atoms with Crippen LogP contribution in [0.3, 0.4) is 0 Å². The predicted molar refractivity (Wildman–Crippen MR) is 75.3 cm³/mol. The molecular formula is C16H21NO2. The average molecular weight is 259 g/mol. The Kier molecular flexibility index (Phi) is 4.35. The van der Waals surface area contributed by atoms with Gasteiger partial charge in [0.05, 0.1) is 0 Å². The van der Waals surface area contributed by atoms with Crippen LogP contribution in [0.5, 0.6) is 0 Å². The van der Waals surface area contributed by atoms with Crippen molar-refractivity contribution in [1.29, 1.82) is 0 Å². The van der Waals surface area contributed by atoms with Crippen LogP contribution >= 0.6 is 0 Å². The highest BCUT2D eigenvalue weighted by Crippen LogP contribution is 2.17. The Bertz CT molecular complexity index is 488. The van der Waals surface area contributed by atoms with Gasteiger partial charge in [-0.1, -0.05) is 31.4 Å². The third-order valence-corrected chi connectivity index (χ3v) is 3.92. The van der Waals surface area contributed by atoms with Gasteiger partial charge in [0, 0.05) is 11.6 Å². The van der Waals surface area contributed by atoms with E-state index >= 15 is 0 Å². The summed E-state index contributed by atoms with van der Waals surface area (Å²) in [6.45, 7) is 3.94. The summed E-state index contributed by atoms with van der Waals surface area (Å²) in [4.78, 5) is 24.0. The van der Waals surface area contributed by atoms with Crippen molar-refractivity contribution in [3.8, 4) is 0 Å². The molecule has 102 valence electrons. The van der Waals surface area contributed by atoms with Crippen LogP contribution in [-0.2, 0) is 4.79 Å². The summed E-state index contributed by atoms with van der Waals surface area (Å²) in [6, 6.07) is 5.58. The summed E-state index contributed by atoms with van der Waals surface area (Å²) < 4.78 is 0. The number of ketones is 1. The van der Waals surface area contributed by atoms with Crippen LogP contribution < -0.4 is 5.32 Å². The summed E-state index contributed by atoms with van der Waals surface area (Å²) in [5.74, 6) is -0.885. The number of hydrogen-bond donors (Lipinski definition) is 1. The summed E-state index contributed by atoms with van der Waals surface area (Å²) in [5, 5.41) is 2.86. The third-order valence-electron chi connectivity index (χ3n) is 3.92. The first-order valence-corrected chi connectivity index (χ1v) is 7.00. The second-order valence-electron chi connectivity index (χ2n) is 5.44. The Morgan fingerprint density at radius 1 is 1.05 bits per heavy atom. The number of amides is 1. The van der Waals surface area contributed by atoms with Crippen LogP contribution in [-0.4, -0.2) is 17.7 Å². The zero-order valence-electron chi connectivity index (χ0n) is 11.7. The van der Waals surface area contributed by atoms with Crippen molar-refractivity contribution >= 4 is 11.7 Å². The lowest BCUT2D eigenvalue weighted by Crippen LogP contribution is -2.40. The van der Waals surface area contributed by atoms with E-state index in [0.29, 0.717) is 5.56 Å². The zero-order valence-corrected chi connectivity index (χ0v) is 11.7. The van der Waals surface area contributed by atoms with Crippen LogP contribution in [0.25, 0.3) is 0 Å². The fourth-order valence-corrected chi connectivity index (χ4v) is 2.51. The molecule has 0 atom stereocenters. The minimum Gasteiger partial charge on any atom is -0.346 e. The Morgan fingerprint density at radius 2 is 1.74 bits per heavy atom. The lowest BCUT2D eigenvalue weighted by molar-refractivity contribution is -0.117. The van der Waals surface area contributed by atoms with Crippen LogP contribution in [0.15, 0.2) is 18.2 Å². The molecule has 1 saturated carbocycles. The Hall–Kier alpha value is -1.64. The topological polar surface area (TPSA) is 46.2 Å². The van der Waals surface area contributed by atoms with Crippen molar-refractivity contribution in [3.05, 3.63) is 34.9 Å². The fraction of sp³-hybridized carbons (Fsp3) is 0.500. The highest BCUT2D eigenvalue weighted by Gasteiger charge is 2.21. The SMILES string of the molecule is Cc1ccc(C(=O)C(=O)NC2CCCCC2)cc1C. The van der Waals surface area contributed by atoms with E-state index in [1.54, 1.807) is 12.1 Å². The van der Waals surface area contributed by atoms with Crippen molar-refractivity contribution in [2.75, 3.05) is 0 Å². The van der Waals surface area contributed by atoms with E-state index in [9.17, 15) is 9.59 Å². The fourth-order valence-electron chi connectivity index (χ4n) is 2.51. The molecule has 0 aromatic heterocycles. The van der Waals surface area contributed by atoms with E-state index in [4.69, 9.17) is 0 Å². The van der Waals surface area contributed by atoms with Gasteiger partial charge < -0.3 is 5.32 Å². The maximum Gasteiger partial charge on any atom is 0.292 e. The molecular weight excluding hydrogens is 238 g/mol. The minimum atomic E-state index is -0.463. The first-order chi connectivity index (χ1) is 9.08. The molecule has 3 nitrogen and oxygen atoms in total. The molecule has 1 N–H and O–H groups in total. The molecule has 1 aromatic rings. The standard InChI is InChI=1S/C16H21NO2/c1-11-8-9-13(10-12(11)2)15(18)16(19)17-14-6-4-3-5-7-14/h8-10,14H,3-7H2,1-2H3,(H,17,19). The van der Waals surface area contributed by atoms with Crippen LogP contribution in [0, 0.1) is 13.8 Å². The molecule has 1 aliphatic carbocycles. The highest BCUT2D eigenvalue weighted by molar-refractivity contribution is 6.42. The van der Waals surface area contributed by atoms with Gasteiger partial charge in [-0.2, -0.15) is 0 Å². The van der Waals surface area contributed by atoms with Gasteiger partial charge in [-0.25, -0.2) is 0 Å². The van der Waals surface area contributed by atoms with Crippen molar-refractivity contribution < 1.29 is 9.59 Å². The first-order valence-electron chi connectivity index (χ1n) is 7.00. The molecule has 0 bridgehead atoms. The lowest BCUT2D eigenvalue weighted by atomic mass is 9.95. The molecule has 2 rings (SSSR count). The summed E-state index contributed by atoms with van der Waals surface area (Å²) >= 11 is 0. The summed E-state index contributed by atoms with van der Waals surface area (Å²) in [6.07, 6.45) is 5.50. The summed E-state index contributed by atoms with van der Waals surface area (Å²) in [7, 11) is 0. The largest absolute Gasteiger partial charge is 0.346 e. The van der Waals surface area contributed by atoms with Crippen molar-refractivity contribution in [2.45, 2.75) is 52.0 Å². The maximum absolute atomic E-state index is 12.1. The Balaban J connectivity index is 2.01. The number of aryl methyl sites for hydroxylation is 2. The van der Waals surface area contributed by atoms with Crippen molar-refractivity contribution in [2.24, 2.45) is 0 Å².